The Hall–Kier alpha value is -2.14. The van der Waals surface area contributed by atoms with Crippen molar-refractivity contribution in [2.24, 2.45) is 0 Å². The van der Waals surface area contributed by atoms with Gasteiger partial charge in [0.1, 0.15) is 5.65 Å². The second-order valence-electron chi connectivity index (χ2n) is 6.05. The number of aromatic amines is 1. The summed E-state index contributed by atoms with van der Waals surface area (Å²) in [5.41, 5.74) is 3.89. The van der Waals surface area contributed by atoms with Gasteiger partial charge in [-0.2, -0.15) is 5.10 Å². The topological polar surface area (TPSA) is 66.7 Å². The molecule has 0 amide bonds. The largest absolute Gasteiger partial charge is 0.392 e. The number of hydrogen-bond acceptors (Lipinski definition) is 3. The predicted octanol–water partition coefficient (Wildman–Crippen LogP) is 3.29. The summed E-state index contributed by atoms with van der Waals surface area (Å²) in [5, 5.41) is 15.6. The summed E-state index contributed by atoms with van der Waals surface area (Å²) in [6.07, 6.45) is 11.8. The highest BCUT2D eigenvalue weighted by molar-refractivity contribution is 5.84. The molecule has 3 aromatic heterocycles. The maximum absolute atomic E-state index is 9.71. The van der Waals surface area contributed by atoms with E-state index in [-0.39, 0.29) is 6.61 Å². The van der Waals surface area contributed by atoms with Crippen LogP contribution in [0.1, 0.15) is 49.3 Å². The number of aliphatic hydroxyl groups excluding tert-OH is 1. The van der Waals surface area contributed by atoms with E-state index in [1.165, 1.54) is 32.1 Å². The molecule has 0 aromatic carbocycles. The van der Waals surface area contributed by atoms with Crippen LogP contribution in [-0.4, -0.2) is 24.9 Å². The first-order valence-electron chi connectivity index (χ1n) is 7.98. The van der Waals surface area contributed by atoms with Gasteiger partial charge in [-0.15, -0.1) is 0 Å². The van der Waals surface area contributed by atoms with Gasteiger partial charge in [0.15, 0.2) is 0 Å². The van der Waals surface area contributed by atoms with Gasteiger partial charge in [0, 0.05) is 35.5 Å². The minimum Gasteiger partial charge on any atom is -0.392 e. The Morgan fingerprint density at radius 1 is 1.23 bits per heavy atom. The molecule has 3 aromatic rings. The molecule has 0 atom stereocenters. The number of pyridine rings is 1. The zero-order chi connectivity index (χ0) is 14.9. The molecular weight excluding hydrogens is 276 g/mol. The Bertz CT molecular complexity index is 783. The van der Waals surface area contributed by atoms with E-state index < -0.39 is 0 Å². The zero-order valence-corrected chi connectivity index (χ0v) is 12.5. The fourth-order valence-electron chi connectivity index (χ4n) is 3.53. The highest BCUT2D eigenvalue weighted by Gasteiger charge is 2.22. The Morgan fingerprint density at radius 3 is 2.91 bits per heavy atom. The van der Waals surface area contributed by atoms with Crippen LogP contribution in [0.4, 0.5) is 0 Å². The third-order valence-electron chi connectivity index (χ3n) is 4.67. The van der Waals surface area contributed by atoms with Gasteiger partial charge in [0.25, 0.3) is 0 Å². The summed E-state index contributed by atoms with van der Waals surface area (Å²) in [6, 6.07) is 3.98. The Labute approximate surface area is 129 Å². The molecule has 0 unspecified atom stereocenters. The fourth-order valence-corrected chi connectivity index (χ4v) is 3.53. The number of nitrogens with one attached hydrogen (secondary N) is 1. The van der Waals surface area contributed by atoms with Crippen molar-refractivity contribution in [2.75, 3.05) is 0 Å². The molecule has 1 fully saturated rings. The molecule has 5 heteroatoms. The smallest absolute Gasteiger partial charge is 0.139 e. The van der Waals surface area contributed by atoms with Crippen LogP contribution in [0, 0.1) is 0 Å². The van der Waals surface area contributed by atoms with Gasteiger partial charge in [-0.25, -0.2) is 9.67 Å². The molecule has 2 N–H and O–H groups in total. The molecule has 22 heavy (non-hydrogen) atoms. The quantitative estimate of drug-likeness (QED) is 0.779. The molecular formula is C17H20N4O. The highest BCUT2D eigenvalue weighted by atomic mass is 16.3. The van der Waals surface area contributed by atoms with Crippen LogP contribution in [-0.2, 0) is 6.61 Å². The van der Waals surface area contributed by atoms with E-state index in [9.17, 15) is 5.11 Å². The van der Waals surface area contributed by atoms with Crippen LogP contribution in [0.3, 0.4) is 0 Å². The van der Waals surface area contributed by atoms with Crippen LogP contribution in [0.15, 0.2) is 30.7 Å². The summed E-state index contributed by atoms with van der Waals surface area (Å²) in [4.78, 5) is 7.45. The number of H-pyrrole nitrogens is 1. The van der Waals surface area contributed by atoms with E-state index in [4.69, 9.17) is 5.10 Å². The van der Waals surface area contributed by atoms with Gasteiger partial charge in [0.2, 0.25) is 0 Å². The lowest BCUT2D eigenvalue weighted by Gasteiger charge is -2.20. The third kappa shape index (κ3) is 2.22. The second-order valence-corrected chi connectivity index (χ2v) is 6.05. The maximum Gasteiger partial charge on any atom is 0.139 e. The normalized spacial score (nSPS) is 16.4. The molecule has 0 spiro atoms. The summed E-state index contributed by atoms with van der Waals surface area (Å²) < 4.78 is 1.90. The molecule has 0 radical (unpaired) electrons. The summed E-state index contributed by atoms with van der Waals surface area (Å²) in [6.45, 7) is 0.0488. The minimum absolute atomic E-state index is 0.0488. The molecule has 0 saturated heterocycles. The molecule has 1 saturated carbocycles. The number of aromatic nitrogens is 4. The number of aliphatic hydroxyl groups is 1. The average Bonchev–Trinajstić information content (AvgIpc) is 3.22. The van der Waals surface area contributed by atoms with Crippen LogP contribution >= 0.6 is 0 Å². The van der Waals surface area contributed by atoms with E-state index in [2.05, 4.69) is 9.97 Å². The zero-order valence-electron chi connectivity index (χ0n) is 12.5. The number of nitrogens with zero attached hydrogens (tertiary/aromatic N) is 3. The minimum atomic E-state index is 0.0488. The third-order valence-corrected chi connectivity index (χ3v) is 4.67. The van der Waals surface area contributed by atoms with Crippen molar-refractivity contribution in [1.82, 2.24) is 19.7 Å². The standard InChI is InChI=1S/C17H20N4O/c22-11-13-10-21(20-16(13)12-4-2-1-3-5-12)15-7-9-19-17-14(15)6-8-18-17/h6-10,12,22H,1-5,11H2,(H,18,19). The van der Waals surface area contributed by atoms with E-state index in [1.54, 1.807) is 6.20 Å². The molecule has 0 aliphatic heterocycles. The van der Waals surface area contributed by atoms with Crippen molar-refractivity contribution in [3.63, 3.8) is 0 Å². The average molecular weight is 296 g/mol. The first kappa shape index (κ1) is 13.5. The van der Waals surface area contributed by atoms with E-state index in [0.717, 1.165) is 28.0 Å². The van der Waals surface area contributed by atoms with Crippen molar-refractivity contribution < 1.29 is 5.11 Å². The van der Waals surface area contributed by atoms with Gasteiger partial charge in [-0.05, 0) is 25.0 Å². The van der Waals surface area contributed by atoms with Crippen LogP contribution in [0.2, 0.25) is 0 Å². The lowest BCUT2D eigenvalue weighted by molar-refractivity contribution is 0.278. The van der Waals surface area contributed by atoms with Gasteiger partial charge in [-0.3, -0.25) is 0 Å². The molecule has 0 bridgehead atoms. The second kappa shape index (κ2) is 5.57. The SMILES string of the molecule is OCc1cn(-c2ccnc3[nH]ccc23)nc1C1CCCCC1. The van der Waals surface area contributed by atoms with Crippen molar-refractivity contribution in [3.8, 4) is 5.69 Å². The number of fused-ring (bicyclic) bond motifs is 1. The Kier molecular flexibility index (Phi) is 3.42. The first-order valence-corrected chi connectivity index (χ1v) is 7.98. The van der Waals surface area contributed by atoms with Crippen LogP contribution in [0.5, 0.6) is 0 Å². The highest BCUT2D eigenvalue weighted by Crippen LogP contribution is 2.34. The molecule has 4 rings (SSSR count). The van der Waals surface area contributed by atoms with Crippen molar-refractivity contribution >= 4 is 11.0 Å². The summed E-state index contributed by atoms with van der Waals surface area (Å²) in [5.74, 6) is 0.487. The number of hydrogen-bond donors (Lipinski definition) is 2. The Balaban J connectivity index is 1.79. The molecule has 114 valence electrons. The molecule has 5 nitrogen and oxygen atoms in total. The van der Waals surface area contributed by atoms with Crippen molar-refractivity contribution in [3.05, 3.63) is 42.0 Å². The summed E-state index contributed by atoms with van der Waals surface area (Å²) >= 11 is 0. The van der Waals surface area contributed by atoms with E-state index in [1.807, 2.05) is 29.2 Å². The first-order chi connectivity index (χ1) is 10.9. The van der Waals surface area contributed by atoms with Gasteiger partial charge < -0.3 is 10.1 Å². The molecule has 1 aliphatic carbocycles. The van der Waals surface area contributed by atoms with Crippen molar-refractivity contribution in [2.45, 2.75) is 44.6 Å². The van der Waals surface area contributed by atoms with Gasteiger partial charge >= 0.3 is 0 Å². The lowest BCUT2D eigenvalue weighted by atomic mass is 9.86. The summed E-state index contributed by atoms with van der Waals surface area (Å²) in [7, 11) is 0. The van der Waals surface area contributed by atoms with E-state index in [0.29, 0.717) is 5.92 Å². The number of rotatable bonds is 3. The fraction of sp³-hybridized carbons (Fsp3) is 0.412. The van der Waals surface area contributed by atoms with Crippen molar-refractivity contribution in [1.29, 1.82) is 0 Å². The maximum atomic E-state index is 9.71. The van der Waals surface area contributed by atoms with Crippen LogP contribution in [0.25, 0.3) is 16.7 Å². The molecule has 1 aliphatic rings. The lowest BCUT2D eigenvalue weighted by Crippen LogP contribution is -2.08. The van der Waals surface area contributed by atoms with Gasteiger partial charge in [-0.1, -0.05) is 19.3 Å². The van der Waals surface area contributed by atoms with Crippen LogP contribution < -0.4 is 0 Å². The monoisotopic (exact) mass is 296 g/mol. The Morgan fingerprint density at radius 2 is 2.09 bits per heavy atom. The predicted molar refractivity (Wildman–Crippen MR) is 85.0 cm³/mol. The van der Waals surface area contributed by atoms with Gasteiger partial charge in [0.05, 0.1) is 18.0 Å². The molecule has 3 heterocycles. The van der Waals surface area contributed by atoms with E-state index >= 15 is 0 Å².